The molecule has 0 bridgehead atoms. The van der Waals surface area contributed by atoms with Crippen molar-refractivity contribution in [2.45, 2.75) is 20.5 Å². The number of oxazole rings is 1. The highest BCUT2D eigenvalue weighted by Gasteiger charge is 2.13. The first kappa shape index (κ1) is 14.3. The highest BCUT2D eigenvalue weighted by Crippen LogP contribution is 2.24. The van der Waals surface area contributed by atoms with E-state index in [0.717, 1.165) is 17.1 Å². The van der Waals surface area contributed by atoms with E-state index in [1.807, 2.05) is 20.9 Å². The molecule has 2 aromatic heterocycles. The Labute approximate surface area is 127 Å². The first-order valence-electron chi connectivity index (χ1n) is 6.88. The van der Waals surface area contributed by atoms with Crippen LogP contribution in [-0.2, 0) is 13.7 Å². The molecule has 6 heteroatoms. The van der Waals surface area contributed by atoms with Crippen LogP contribution in [0.2, 0.25) is 0 Å². The summed E-state index contributed by atoms with van der Waals surface area (Å²) in [5, 5.41) is 4.28. The van der Waals surface area contributed by atoms with E-state index in [1.165, 1.54) is 12.1 Å². The van der Waals surface area contributed by atoms with E-state index in [0.29, 0.717) is 17.2 Å². The van der Waals surface area contributed by atoms with Crippen molar-refractivity contribution in [3.63, 3.8) is 0 Å². The maximum atomic E-state index is 13.2. The zero-order valence-corrected chi connectivity index (χ0v) is 12.6. The number of hydrogen-bond donors (Lipinski definition) is 0. The molecular formula is C16H16FN3O2. The van der Waals surface area contributed by atoms with Gasteiger partial charge in [0.05, 0.1) is 11.9 Å². The molecule has 0 atom stereocenters. The molecule has 0 amide bonds. The molecule has 0 aliphatic carbocycles. The lowest BCUT2D eigenvalue weighted by atomic mass is 10.2. The number of ether oxygens (including phenoxy) is 1. The minimum atomic E-state index is -0.312. The summed E-state index contributed by atoms with van der Waals surface area (Å²) in [6, 6.07) is 6.19. The van der Waals surface area contributed by atoms with Crippen molar-refractivity contribution >= 4 is 0 Å². The Balaban J connectivity index is 1.75. The Hall–Kier alpha value is -2.63. The van der Waals surface area contributed by atoms with Crippen LogP contribution in [0.3, 0.4) is 0 Å². The third kappa shape index (κ3) is 2.72. The van der Waals surface area contributed by atoms with Gasteiger partial charge in [-0.25, -0.2) is 9.37 Å². The van der Waals surface area contributed by atoms with E-state index in [2.05, 4.69) is 10.1 Å². The number of aryl methyl sites for hydroxylation is 2. The largest absolute Gasteiger partial charge is 0.480 e. The van der Waals surface area contributed by atoms with Crippen LogP contribution in [0.5, 0.6) is 5.75 Å². The first-order valence-corrected chi connectivity index (χ1v) is 6.88. The Morgan fingerprint density at radius 3 is 2.82 bits per heavy atom. The number of nitrogens with zero attached hydrogens (tertiary/aromatic N) is 3. The van der Waals surface area contributed by atoms with Gasteiger partial charge in [-0.3, -0.25) is 4.68 Å². The fourth-order valence-corrected chi connectivity index (χ4v) is 2.25. The van der Waals surface area contributed by atoms with Crippen molar-refractivity contribution in [2.24, 2.45) is 7.05 Å². The van der Waals surface area contributed by atoms with Gasteiger partial charge in [-0.15, -0.1) is 0 Å². The summed E-state index contributed by atoms with van der Waals surface area (Å²) in [6.45, 7) is 4.02. The van der Waals surface area contributed by atoms with Crippen LogP contribution in [0, 0.1) is 19.7 Å². The molecule has 0 radical (unpaired) electrons. The van der Waals surface area contributed by atoms with Gasteiger partial charge in [0.15, 0.2) is 18.1 Å². The molecule has 1 aromatic carbocycles. The number of rotatable bonds is 4. The van der Waals surface area contributed by atoms with Crippen molar-refractivity contribution < 1.29 is 13.5 Å². The van der Waals surface area contributed by atoms with Gasteiger partial charge >= 0.3 is 0 Å². The predicted octanol–water partition coefficient (Wildman–Crippen LogP) is 3.41. The van der Waals surface area contributed by atoms with E-state index in [9.17, 15) is 4.39 Å². The van der Waals surface area contributed by atoms with E-state index in [1.54, 1.807) is 23.0 Å². The van der Waals surface area contributed by atoms with Crippen LogP contribution in [-0.4, -0.2) is 14.8 Å². The molecule has 0 fully saturated rings. The fourth-order valence-electron chi connectivity index (χ4n) is 2.25. The van der Waals surface area contributed by atoms with Crippen LogP contribution in [0.25, 0.3) is 11.3 Å². The summed E-state index contributed by atoms with van der Waals surface area (Å²) < 4.78 is 26.3. The summed E-state index contributed by atoms with van der Waals surface area (Å²) in [7, 11) is 1.86. The third-order valence-corrected chi connectivity index (χ3v) is 3.45. The third-order valence-electron chi connectivity index (χ3n) is 3.45. The average Bonchev–Trinajstić information content (AvgIpc) is 3.04. The van der Waals surface area contributed by atoms with Gasteiger partial charge < -0.3 is 9.15 Å². The van der Waals surface area contributed by atoms with Crippen molar-refractivity contribution in [2.75, 3.05) is 0 Å². The van der Waals surface area contributed by atoms with Gasteiger partial charge in [0.25, 0.3) is 0 Å². The van der Waals surface area contributed by atoms with Crippen LogP contribution in [0.15, 0.2) is 34.9 Å². The molecule has 0 saturated carbocycles. The zero-order valence-electron chi connectivity index (χ0n) is 12.6. The molecule has 0 spiro atoms. The molecule has 3 rings (SSSR count). The molecule has 0 unspecified atom stereocenters. The van der Waals surface area contributed by atoms with Crippen LogP contribution < -0.4 is 4.74 Å². The van der Waals surface area contributed by atoms with Crippen molar-refractivity contribution in [3.05, 3.63) is 53.6 Å². The lowest BCUT2D eigenvalue weighted by Gasteiger charge is -2.03. The average molecular weight is 301 g/mol. The Morgan fingerprint density at radius 1 is 1.32 bits per heavy atom. The second-order valence-electron chi connectivity index (χ2n) is 5.04. The Kier molecular flexibility index (Phi) is 3.66. The SMILES string of the molecule is Cc1nn(C)c(C)c1OCc1ncc(-c2cccc(F)c2)o1. The smallest absolute Gasteiger partial charge is 0.232 e. The number of halogens is 1. The lowest BCUT2D eigenvalue weighted by Crippen LogP contribution is -1.98. The second-order valence-corrected chi connectivity index (χ2v) is 5.04. The minimum absolute atomic E-state index is 0.197. The van der Waals surface area contributed by atoms with Gasteiger partial charge in [0.2, 0.25) is 5.89 Å². The topological polar surface area (TPSA) is 53.1 Å². The number of aromatic nitrogens is 3. The van der Waals surface area contributed by atoms with Crippen LogP contribution in [0.4, 0.5) is 4.39 Å². The van der Waals surface area contributed by atoms with Crippen molar-refractivity contribution in [1.82, 2.24) is 14.8 Å². The highest BCUT2D eigenvalue weighted by atomic mass is 19.1. The fraction of sp³-hybridized carbons (Fsp3) is 0.250. The van der Waals surface area contributed by atoms with Crippen molar-refractivity contribution in [1.29, 1.82) is 0 Å². The molecule has 5 nitrogen and oxygen atoms in total. The number of hydrogen-bond acceptors (Lipinski definition) is 4. The molecule has 0 aliphatic heterocycles. The maximum absolute atomic E-state index is 13.2. The molecule has 3 aromatic rings. The summed E-state index contributed by atoms with van der Waals surface area (Å²) in [6.07, 6.45) is 1.57. The summed E-state index contributed by atoms with van der Waals surface area (Å²) in [4.78, 5) is 4.16. The minimum Gasteiger partial charge on any atom is -0.480 e. The monoisotopic (exact) mass is 301 g/mol. The maximum Gasteiger partial charge on any atom is 0.232 e. The quantitative estimate of drug-likeness (QED) is 0.741. The molecule has 0 saturated heterocycles. The van der Waals surface area contributed by atoms with E-state index < -0.39 is 0 Å². The standard InChI is InChI=1S/C16H16FN3O2/c1-10-16(11(2)20(3)19-10)21-9-15-18-8-14(22-15)12-5-4-6-13(17)7-12/h4-8H,9H2,1-3H3. The van der Waals surface area contributed by atoms with E-state index in [-0.39, 0.29) is 12.4 Å². The molecule has 114 valence electrons. The van der Waals surface area contributed by atoms with Crippen LogP contribution in [0.1, 0.15) is 17.3 Å². The molecule has 22 heavy (non-hydrogen) atoms. The van der Waals surface area contributed by atoms with Gasteiger partial charge in [-0.2, -0.15) is 5.10 Å². The molecule has 0 aliphatic rings. The van der Waals surface area contributed by atoms with Crippen molar-refractivity contribution in [3.8, 4) is 17.1 Å². The predicted molar refractivity (Wildman–Crippen MR) is 78.9 cm³/mol. The number of benzene rings is 1. The lowest BCUT2D eigenvalue weighted by molar-refractivity contribution is 0.261. The van der Waals surface area contributed by atoms with Crippen LogP contribution >= 0.6 is 0 Å². The first-order chi connectivity index (χ1) is 10.5. The van der Waals surface area contributed by atoms with Gasteiger partial charge in [-0.1, -0.05) is 12.1 Å². The Bertz CT molecular complexity index is 808. The normalized spacial score (nSPS) is 10.9. The highest BCUT2D eigenvalue weighted by molar-refractivity contribution is 5.56. The molecule has 0 N–H and O–H groups in total. The second kappa shape index (κ2) is 5.63. The van der Waals surface area contributed by atoms with E-state index in [4.69, 9.17) is 9.15 Å². The zero-order chi connectivity index (χ0) is 15.7. The van der Waals surface area contributed by atoms with Gasteiger partial charge in [0.1, 0.15) is 11.5 Å². The summed E-state index contributed by atoms with van der Waals surface area (Å²) in [5.41, 5.74) is 2.40. The van der Waals surface area contributed by atoms with Gasteiger partial charge in [-0.05, 0) is 26.0 Å². The molecular weight excluding hydrogens is 285 g/mol. The van der Waals surface area contributed by atoms with E-state index >= 15 is 0 Å². The van der Waals surface area contributed by atoms with Gasteiger partial charge in [0, 0.05) is 12.6 Å². The summed E-state index contributed by atoms with van der Waals surface area (Å²) in [5.74, 6) is 1.36. The Morgan fingerprint density at radius 2 is 2.14 bits per heavy atom. The molecule has 2 heterocycles. The summed E-state index contributed by atoms with van der Waals surface area (Å²) >= 11 is 0.